The molecule has 4 atom stereocenters. The number of nitrogens with zero attached hydrogens (tertiary/aromatic N) is 1. The highest BCUT2D eigenvalue weighted by molar-refractivity contribution is 9.10. The minimum Gasteiger partial charge on any atom is -0.316 e. The molecule has 2 nitrogen and oxygen atoms in total. The summed E-state index contributed by atoms with van der Waals surface area (Å²) in [5.41, 5.74) is 0.819. The summed E-state index contributed by atoms with van der Waals surface area (Å²) in [6, 6.07) is 6.16. The fourth-order valence-corrected chi connectivity index (χ4v) is 4.39. The standard InChI is InChI=1S/C16H22BrFN2/c1-3-16-14-8-19-7-11(14)9-20(16)10(2)13-5-4-12(17)6-15(13)18/h4-6,10-11,14,16,19H,3,7-9H2,1-2H3. The summed E-state index contributed by atoms with van der Waals surface area (Å²) >= 11 is 3.33. The molecule has 0 aliphatic carbocycles. The summed E-state index contributed by atoms with van der Waals surface area (Å²) in [4.78, 5) is 2.52. The molecule has 2 heterocycles. The van der Waals surface area contributed by atoms with Gasteiger partial charge < -0.3 is 5.32 Å². The van der Waals surface area contributed by atoms with Crippen molar-refractivity contribution in [2.24, 2.45) is 11.8 Å². The molecule has 20 heavy (non-hydrogen) atoms. The summed E-state index contributed by atoms with van der Waals surface area (Å²) in [5, 5.41) is 3.50. The van der Waals surface area contributed by atoms with Crippen molar-refractivity contribution in [1.82, 2.24) is 10.2 Å². The second-order valence-electron chi connectivity index (χ2n) is 6.10. The van der Waals surface area contributed by atoms with E-state index in [9.17, 15) is 4.39 Å². The van der Waals surface area contributed by atoms with E-state index in [-0.39, 0.29) is 11.9 Å². The smallest absolute Gasteiger partial charge is 0.129 e. The van der Waals surface area contributed by atoms with Crippen molar-refractivity contribution < 1.29 is 4.39 Å². The van der Waals surface area contributed by atoms with Crippen LogP contribution in [0.25, 0.3) is 0 Å². The van der Waals surface area contributed by atoms with E-state index in [2.05, 4.69) is 40.0 Å². The zero-order valence-corrected chi connectivity index (χ0v) is 13.7. The second-order valence-corrected chi connectivity index (χ2v) is 7.01. The van der Waals surface area contributed by atoms with Gasteiger partial charge in [0, 0.05) is 28.7 Å². The largest absolute Gasteiger partial charge is 0.316 e. The first-order valence-corrected chi connectivity index (χ1v) is 8.32. The number of hydrogen-bond acceptors (Lipinski definition) is 2. The van der Waals surface area contributed by atoms with Gasteiger partial charge in [0.25, 0.3) is 0 Å². The van der Waals surface area contributed by atoms with Crippen LogP contribution in [-0.2, 0) is 0 Å². The topological polar surface area (TPSA) is 15.3 Å². The molecule has 2 fully saturated rings. The molecule has 0 amide bonds. The number of hydrogen-bond donors (Lipinski definition) is 1. The summed E-state index contributed by atoms with van der Waals surface area (Å²) in [6.45, 7) is 7.72. The molecule has 4 heteroatoms. The average molecular weight is 341 g/mol. The normalized spacial score (nSPS) is 31.5. The molecule has 0 bridgehead atoms. The van der Waals surface area contributed by atoms with Crippen LogP contribution < -0.4 is 5.32 Å². The quantitative estimate of drug-likeness (QED) is 0.904. The zero-order valence-electron chi connectivity index (χ0n) is 12.1. The number of rotatable bonds is 3. The minimum atomic E-state index is -0.100. The highest BCUT2D eigenvalue weighted by atomic mass is 79.9. The Kier molecular flexibility index (Phi) is 4.16. The summed E-state index contributed by atoms with van der Waals surface area (Å²) in [7, 11) is 0. The molecule has 1 aromatic rings. The van der Waals surface area contributed by atoms with Crippen molar-refractivity contribution in [3.05, 3.63) is 34.1 Å². The molecular weight excluding hydrogens is 319 g/mol. The van der Waals surface area contributed by atoms with E-state index >= 15 is 0 Å². The van der Waals surface area contributed by atoms with E-state index < -0.39 is 0 Å². The number of benzene rings is 1. The third-order valence-electron chi connectivity index (χ3n) is 5.09. The third kappa shape index (κ3) is 2.42. The highest BCUT2D eigenvalue weighted by Crippen LogP contribution is 2.40. The summed E-state index contributed by atoms with van der Waals surface area (Å²) in [5.74, 6) is 1.37. The molecule has 4 unspecified atom stereocenters. The van der Waals surface area contributed by atoms with Crippen LogP contribution in [0.5, 0.6) is 0 Å². The van der Waals surface area contributed by atoms with Crippen LogP contribution >= 0.6 is 15.9 Å². The van der Waals surface area contributed by atoms with E-state index in [1.807, 2.05) is 12.1 Å². The molecule has 2 saturated heterocycles. The van der Waals surface area contributed by atoms with E-state index in [1.54, 1.807) is 6.07 Å². The molecule has 0 radical (unpaired) electrons. The van der Waals surface area contributed by atoms with Crippen molar-refractivity contribution in [3.8, 4) is 0 Å². The van der Waals surface area contributed by atoms with Gasteiger partial charge in [-0.05, 0) is 50.4 Å². The van der Waals surface area contributed by atoms with Gasteiger partial charge in [0.2, 0.25) is 0 Å². The Morgan fingerprint density at radius 2 is 2.25 bits per heavy atom. The predicted molar refractivity (Wildman–Crippen MR) is 83.1 cm³/mol. The first-order valence-electron chi connectivity index (χ1n) is 7.53. The molecule has 2 aliphatic heterocycles. The van der Waals surface area contributed by atoms with E-state index in [1.165, 1.54) is 0 Å². The van der Waals surface area contributed by atoms with Crippen LogP contribution in [0.15, 0.2) is 22.7 Å². The Hall–Kier alpha value is -0.450. The van der Waals surface area contributed by atoms with Crippen LogP contribution in [0.4, 0.5) is 4.39 Å². The number of halogens is 2. The van der Waals surface area contributed by atoms with Gasteiger partial charge in [-0.25, -0.2) is 4.39 Å². The molecule has 0 saturated carbocycles. The zero-order chi connectivity index (χ0) is 14.3. The van der Waals surface area contributed by atoms with Crippen LogP contribution in [0.1, 0.15) is 31.9 Å². The van der Waals surface area contributed by atoms with E-state index in [0.29, 0.717) is 6.04 Å². The number of nitrogens with one attached hydrogen (secondary N) is 1. The first kappa shape index (κ1) is 14.5. The minimum absolute atomic E-state index is 0.100. The summed E-state index contributed by atoms with van der Waals surface area (Å²) in [6.07, 6.45) is 1.14. The molecule has 1 aromatic carbocycles. The Morgan fingerprint density at radius 3 is 2.95 bits per heavy atom. The number of fused-ring (bicyclic) bond motifs is 1. The molecule has 110 valence electrons. The van der Waals surface area contributed by atoms with Gasteiger partial charge in [-0.3, -0.25) is 4.90 Å². The van der Waals surface area contributed by atoms with Crippen LogP contribution in [-0.4, -0.2) is 30.6 Å². The molecule has 1 N–H and O–H groups in total. The van der Waals surface area contributed by atoms with Gasteiger partial charge in [0.05, 0.1) is 0 Å². The van der Waals surface area contributed by atoms with Gasteiger partial charge in [-0.15, -0.1) is 0 Å². The SMILES string of the molecule is CCC1C2CNCC2CN1C(C)c1ccc(Br)cc1F. The van der Waals surface area contributed by atoms with Gasteiger partial charge in [-0.2, -0.15) is 0 Å². The van der Waals surface area contributed by atoms with Crippen molar-refractivity contribution in [1.29, 1.82) is 0 Å². The molecule has 3 rings (SSSR count). The predicted octanol–water partition coefficient (Wildman–Crippen LogP) is 3.58. The Labute approximate surface area is 128 Å². The second kappa shape index (κ2) is 5.74. The van der Waals surface area contributed by atoms with E-state index in [0.717, 1.165) is 47.9 Å². The number of likely N-dealkylation sites (tertiary alicyclic amines) is 1. The lowest BCUT2D eigenvalue weighted by molar-refractivity contribution is 0.163. The van der Waals surface area contributed by atoms with Gasteiger partial charge >= 0.3 is 0 Å². The molecule has 2 aliphatic rings. The maximum absolute atomic E-state index is 14.2. The van der Waals surface area contributed by atoms with Crippen molar-refractivity contribution in [2.75, 3.05) is 19.6 Å². The lowest BCUT2D eigenvalue weighted by Gasteiger charge is -2.33. The molecule has 0 aromatic heterocycles. The van der Waals surface area contributed by atoms with Crippen molar-refractivity contribution >= 4 is 15.9 Å². The lowest BCUT2D eigenvalue weighted by Crippen LogP contribution is -2.37. The first-order chi connectivity index (χ1) is 9.61. The monoisotopic (exact) mass is 340 g/mol. The maximum atomic E-state index is 14.2. The van der Waals surface area contributed by atoms with Gasteiger partial charge in [0.1, 0.15) is 5.82 Å². The van der Waals surface area contributed by atoms with Crippen LogP contribution in [0.3, 0.4) is 0 Å². The van der Waals surface area contributed by atoms with Crippen molar-refractivity contribution in [2.45, 2.75) is 32.4 Å². The highest BCUT2D eigenvalue weighted by Gasteiger charge is 2.45. The summed E-state index contributed by atoms with van der Waals surface area (Å²) < 4.78 is 15.0. The van der Waals surface area contributed by atoms with Crippen LogP contribution in [0, 0.1) is 17.7 Å². The molecule has 0 spiro atoms. The third-order valence-corrected chi connectivity index (χ3v) is 5.58. The average Bonchev–Trinajstić information content (AvgIpc) is 2.97. The lowest BCUT2D eigenvalue weighted by atomic mass is 9.92. The Balaban J connectivity index is 1.84. The fourth-order valence-electron chi connectivity index (χ4n) is 4.06. The van der Waals surface area contributed by atoms with Crippen LogP contribution in [0.2, 0.25) is 0 Å². The van der Waals surface area contributed by atoms with Crippen molar-refractivity contribution in [3.63, 3.8) is 0 Å². The Morgan fingerprint density at radius 1 is 1.45 bits per heavy atom. The molecular formula is C16H22BrFN2. The maximum Gasteiger partial charge on any atom is 0.129 e. The van der Waals surface area contributed by atoms with Gasteiger partial charge in [0.15, 0.2) is 0 Å². The fraction of sp³-hybridized carbons (Fsp3) is 0.625. The van der Waals surface area contributed by atoms with Gasteiger partial charge in [-0.1, -0.05) is 28.9 Å². The Bertz CT molecular complexity index is 493. The van der Waals surface area contributed by atoms with E-state index in [4.69, 9.17) is 0 Å².